The molecule has 0 radical (unpaired) electrons. The summed E-state index contributed by atoms with van der Waals surface area (Å²) in [4.78, 5) is 6.31. The molecule has 0 saturated heterocycles. The molecular weight excluding hydrogens is 374 g/mol. The summed E-state index contributed by atoms with van der Waals surface area (Å²) in [6.45, 7) is 0. The van der Waals surface area contributed by atoms with Gasteiger partial charge in [0.2, 0.25) is 0 Å². The Kier molecular flexibility index (Phi) is 4.82. The van der Waals surface area contributed by atoms with Crippen molar-refractivity contribution in [1.29, 1.82) is 0 Å². The van der Waals surface area contributed by atoms with Crippen molar-refractivity contribution in [3.8, 4) is 5.75 Å². The molecule has 0 aromatic heterocycles. The summed E-state index contributed by atoms with van der Waals surface area (Å²) in [5, 5.41) is 2.90. The van der Waals surface area contributed by atoms with Gasteiger partial charge in [0, 0.05) is 22.3 Å². The SMILES string of the molecule is COc1ccc(C2=Nc3ccccc3SC(c3cccc4ccccc34)C2)cc1. The Balaban J connectivity index is 1.63. The maximum atomic E-state index is 5.33. The highest BCUT2D eigenvalue weighted by atomic mass is 32.2. The molecule has 1 heterocycles. The van der Waals surface area contributed by atoms with Crippen molar-refractivity contribution >= 4 is 33.9 Å². The van der Waals surface area contributed by atoms with Crippen LogP contribution in [0.15, 0.2) is 101 Å². The first kappa shape index (κ1) is 18.0. The number of hydrogen-bond donors (Lipinski definition) is 0. The number of benzene rings is 4. The number of rotatable bonds is 3. The molecule has 4 aromatic carbocycles. The van der Waals surface area contributed by atoms with E-state index in [0.29, 0.717) is 5.25 Å². The lowest BCUT2D eigenvalue weighted by Gasteiger charge is -2.18. The number of thioether (sulfide) groups is 1. The molecule has 1 unspecified atom stereocenters. The number of aliphatic imine (C=N–C) groups is 1. The molecule has 1 aliphatic heterocycles. The van der Waals surface area contributed by atoms with Crippen LogP contribution in [0.2, 0.25) is 0 Å². The Morgan fingerprint density at radius 3 is 2.45 bits per heavy atom. The minimum Gasteiger partial charge on any atom is -0.497 e. The average Bonchev–Trinajstić information content (AvgIpc) is 2.98. The zero-order valence-electron chi connectivity index (χ0n) is 16.2. The van der Waals surface area contributed by atoms with Gasteiger partial charge in [-0.15, -0.1) is 11.8 Å². The fourth-order valence-electron chi connectivity index (χ4n) is 3.88. The normalized spacial score (nSPS) is 16.0. The molecule has 0 N–H and O–H groups in total. The third-order valence-corrected chi connectivity index (χ3v) is 6.67. The van der Waals surface area contributed by atoms with E-state index in [9.17, 15) is 0 Å². The molecule has 1 atom stereocenters. The number of methoxy groups -OCH3 is 1. The predicted octanol–water partition coefficient (Wildman–Crippen LogP) is 7.21. The molecule has 0 aliphatic carbocycles. The van der Waals surface area contributed by atoms with Crippen molar-refractivity contribution in [2.45, 2.75) is 16.6 Å². The first-order chi connectivity index (χ1) is 14.3. The van der Waals surface area contributed by atoms with E-state index in [1.165, 1.54) is 21.2 Å². The molecular formula is C26H21NOS. The van der Waals surface area contributed by atoms with Gasteiger partial charge in [0.1, 0.15) is 5.75 Å². The Morgan fingerprint density at radius 1 is 0.828 bits per heavy atom. The van der Waals surface area contributed by atoms with Gasteiger partial charge in [0.25, 0.3) is 0 Å². The Bertz CT molecular complexity index is 1190. The molecule has 29 heavy (non-hydrogen) atoms. The zero-order chi connectivity index (χ0) is 19.6. The Labute approximate surface area is 175 Å². The van der Waals surface area contributed by atoms with Crippen molar-refractivity contribution in [2.24, 2.45) is 4.99 Å². The second-order valence-electron chi connectivity index (χ2n) is 7.13. The van der Waals surface area contributed by atoms with E-state index < -0.39 is 0 Å². The van der Waals surface area contributed by atoms with Crippen molar-refractivity contribution in [3.05, 3.63) is 102 Å². The van der Waals surface area contributed by atoms with Gasteiger partial charge in [-0.2, -0.15) is 0 Å². The lowest BCUT2D eigenvalue weighted by Crippen LogP contribution is -2.06. The molecule has 0 bridgehead atoms. The first-order valence-electron chi connectivity index (χ1n) is 9.77. The first-order valence-corrected chi connectivity index (χ1v) is 10.6. The lowest BCUT2D eigenvalue weighted by molar-refractivity contribution is 0.415. The molecule has 142 valence electrons. The summed E-state index contributed by atoms with van der Waals surface area (Å²) in [6.07, 6.45) is 0.875. The quantitative estimate of drug-likeness (QED) is 0.366. The number of nitrogens with zero attached hydrogens (tertiary/aromatic N) is 1. The van der Waals surface area contributed by atoms with Crippen molar-refractivity contribution in [1.82, 2.24) is 0 Å². The van der Waals surface area contributed by atoms with Gasteiger partial charge in [-0.3, -0.25) is 4.99 Å². The predicted molar refractivity (Wildman–Crippen MR) is 123 cm³/mol. The molecule has 5 rings (SSSR count). The van der Waals surface area contributed by atoms with E-state index in [0.717, 1.165) is 29.1 Å². The molecule has 3 heteroatoms. The minimum atomic E-state index is 0.297. The number of fused-ring (bicyclic) bond motifs is 2. The highest BCUT2D eigenvalue weighted by molar-refractivity contribution is 7.99. The average molecular weight is 396 g/mol. The number of ether oxygens (including phenoxy) is 1. The second-order valence-corrected chi connectivity index (χ2v) is 8.38. The van der Waals surface area contributed by atoms with Crippen LogP contribution in [-0.4, -0.2) is 12.8 Å². The van der Waals surface area contributed by atoms with Crippen LogP contribution in [0.3, 0.4) is 0 Å². The van der Waals surface area contributed by atoms with Crippen LogP contribution >= 0.6 is 11.8 Å². The van der Waals surface area contributed by atoms with Crippen molar-refractivity contribution in [3.63, 3.8) is 0 Å². The number of para-hydroxylation sites is 1. The van der Waals surface area contributed by atoms with Crippen molar-refractivity contribution in [2.75, 3.05) is 7.11 Å². The van der Waals surface area contributed by atoms with E-state index in [-0.39, 0.29) is 0 Å². The third kappa shape index (κ3) is 3.54. The molecule has 0 fully saturated rings. The summed E-state index contributed by atoms with van der Waals surface area (Å²) in [6, 6.07) is 31.9. The molecule has 0 amide bonds. The fraction of sp³-hybridized carbons (Fsp3) is 0.115. The summed E-state index contributed by atoms with van der Waals surface area (Å²) in [7, 11) is 1.70. The maximum Gasteiger partial charge on any atom is 0.118 e. The van der Waals surface area contributed by atoms with Gasteiger partial charge in [-0.25, -0.2) is 0 Å². The van der Waals surface area contributed by atoms with Gasteiger partial charge in [0.15, 0.2) is 0 Å². The molecule has 0 saturated carbocycles. The van der Waals surface area contributed by atoms with Gasteiger partial charge in [-0.05, 0) is 58.3 Å². The van der Waals surface area contributed by atoms with Crippen molar-refractivity contribution < 1.29 is 4.74 Å². The van der Waals surface area contributed by atoms with Crippen LogP contribution < -0.4 is 4.74 Å². The van der Waals surface area contributed by atoms with Crippen LogP contribution in [0.1, 0.15) is 22.8 Å². The van der Waals surface area contributed by atoms with Gasteiger partial charge < -0.3 is 4.74 Å². The van der Waals surface area contributed by atoms with E-state index >= 15 is 0 Å². The largest absolute Gasteiger partial charge is 0.497 e. The minimum absolute atomic E-state index is 0.297. The lowest BCUT2D eigenvalue weighted by atomic mass is 9.97. The Hall–Kier alpha value is -3.04. The zero-order valence-corrected chi connectivity index (χ0v) is 17.0. The molecule has 2 nitrogen and oxygen atoms in total. The Morgan fingerprint density at radius 2 is 1.59 bits per heavy atom. The van der Waals surface area contributed by atoms with Crippen LogP contribution in [0.25, 0.3) is 10.8 Å². The van der Waals surface area contributed by atoms with Gasteiger partial charge in [-0.1, -0.05) is 54.6 Å². The second kappa shape index (κ2) is 7.76. The summed E-state index contributed by atoms with van der Waals surface area (Å²) < 4.78 is 5.33. The highest BCUT2D eigenvalue weighted by Gasteiger charge is 2.23. The van der Waals surface area contributed by atoms with Crippen LogP contribution in [-0.2, 0) is 0 Å². The van der Waals surface area contributed by atoms with Crippen LogP contribution in [0.5, 0.6) is 5.75 Å². The van der Waals surface area contributed by atoms with E-state index in [1.54, 1.807) is 7.11 Å². The monoisotopic (exact) mass is 395 g/mol. The summed E-state index contributed by atoms with van der Waals surface area (Å²) in [5.74, 6) is 0.864. The number of hydrogen-bond acceptors (Lipinski definition) is 3. The molecule has 4 aromatic rings. The fourth-order valence-corrected chi connectivity index (χ4v) is 5.15. The van der Waals surface area contributed by atoms with Gasteiger partial charge in [0.05, 0.1) is 12.8 Å². The third-order valence-electron chi connectivity index (χ3n) is 5.36. The van der Waals surface area contributed by atoms with E-state index in [4.69, 9.17) is 9.73 Å². The summed E-state index contributed by atoms with van der Waals surface area (Å²) in [5.41, 5.74) is 4.67. The smallest absolute Gasteiger partial charge is 0.118 e. The van der Waals surface area contributed by atoms with E-state index in [2.05, 4.69) is 78.9 Å². The van der Waals surface area contributed by atoms with Gasteiger partial charge >= 0.3 is 0 Å². The highest BCUT2D eigenvalue weighted by Crippen LogP contribution is 2.47. The standard InChI is InChI=1S/C26H21NOS/c1-28-20-15-13-19(14-16-20)24-17-26(29-25-12-5-4-11-23(25)27-24)22-10-6-8-18-7-2-3-9-21(18)22/h2-16,26H,17H2,1H3. The van der Waals surface area contributed by atoms with Crippen LogP contribution in [0, 0.1) is 0 Å². The van der Waals surface area contributed by atoms with E-state index in [1.807, 2.05) is 23.9 Å². The molecule has 1 aliphatic rings. The molecule has 0 spiro atoms. The maximum absolute atomic E-state index is 5.33. The topological polar surface area (TPSA) is 21.6 Å². The van der Waals surface area contributed by atoms with Crippen LogP contribution in [0.4, 0.5) is 5.69 Å². The summed E-state index contributed by atoms with van der Waals surface area (Å²) >= 11 is 1.91.